The third-order valence-corrected chi connectivity index (χ3v) is 4.28. The second kappa shape index (κ2) is 7.62. The molecule has 0 spiro atoms. The molecule has 0 aliphatic heterocycles. The standard InChI is InChI=1S/C21H20N2O2/c1-15(18-12-6-9-16-7-2-4-10-19(16)18)23-21(25)20-11-5-3-8-17(20)13-22-14-24/h2-12,14-15H,13H2,1H3,(H,22,24)(H,23,25). The van der Waals surface area contributed by atoms with Crippen molar-refractivity contribution in [2.75, 3.05) is 0 Å². The fraction of sp³-hybridized carbons (Fsp3) is 0.143. The Labute approximate surface area is 146 Å². The number of hydrogen-bond acceptors (Lipinski definition) is 2. The number of fused-ring (bicyclic) bond motifs is 1. The molecule has 126 valence electrons. The zero-order valence-electron chi connectivity index (χ0n) is 14.0. The molecule has 0 saturated carbocycles. The Morgan fingerprint density at radius 1 is 1.00 bits per heavy atom. The van der Waals surface area contributed by atoms with Crippen molar-refractivity contribution < 1.29 is 9.59 Å². The van der Waals surface area contributed by atoms with Gasteiger partial charge in [0, 0.05) is 12.1 Å². The molecule has 1 unspecified atom stereocenters. The molecule has 1 atom stereocenters. The van der Waals surface area contributed by atoms with E-state index < -0.39 is 0 Å². The van der Waals surface area contributed by atoms with E-state index in [2.05, 4.69) is 28.8 Å². The summed E-state index contributed by atoms with van der Waals surface area (Å²) in [7, 11) is 0. The predicted octanol–water partition coefficient (Wildman–Crippen LogP) is 3.58. The average molecular weight is 332 g/mol. The SMILES string of the molecule is CC(NC(=O)c1ccccc1CNC=O)c1cccc2ccccc12. The molecule has 4 heteroatoms. The molecule has 0 aliphatic carbocycles. The number of nitrogens with one attached hydrogen (secondary N) is 2. The molecule has 0 fully saturated rings. The fourth-order valence-corrected chi connectivity index (χ4v) is 3.03. The molecule has 0 aliphatic rings. The molecule has 3 aromatic carbocycles. The van der Waals surface area contributed by atoms with E-state index in [1.807, 2.05) is 49.4 Å². The van der Waals surface area contributed by atoms with Crippen molar-refractivity contribution in [1.29, 1.82) is 0 Å². The summed E-state index contributed by atoms with van der Waals surface area (Å²) in [6.07, 6.45) is 0.632. The Hall–Kier alpha value is -3.14. The Morgan fingerprint density at radius 2 is 1.72 bits per heavy atom. The molecule has 2 amide bonds. The fourth-order valence-electron chi connectivity index (χ4n) is 3.03. The van der Waals surface area contributed by atoms with Crippen molar-refractivity contribution in [3.8, 4) is 0 Å². The van der Waals surface area contributed by atoms with Crippen LogP contribution in [0.15, 0.2) is 66.7 Å². The number of rotatable bonds is 6. The van der Waals surface area contributed by atoms with Crippen molar-refractivity contribution in [2.24, 2.45) is 0 Å². The van der Waals surface area contributed by atoms with Gasteiger partial charge in [-0.15, -0.1) is 0 Å². The molecule has 0 saturated heterocycles. The third-order valence-electron chi connectivity index (χ3n) is 4.28. The third kappa shape index (κ3) is 3.69. The summed E-state index contributed by atoms with van der Waals surface area (Å²) in [5.74, 6) is -0.149. The zero-order chi connectivity index (χ0) is 17.6. The summed E-state index contributed by atoms with van der Waals surface area (Å²) in [4.78, 5) is 23.3. The highest BCUT2D eigenvalue weighted by Crippen LogP contribution is 2.24. The monoisotopic (exact) mass is 332 g/mol. The highest BCUT2D eigenvalue weighted by Gasteiger charge is 2.15. The lowest BCUT2D eigenvalue weighted by atomic mass is 9.99. The molecular weight excluding hydrogens is 312 g/mol. The van der Waals surface area contributed by atoms with E-state index in [1.165, 1.54) is 0 Å². The van der Waals surface area contributed by atoms with E-state index >= 15 is 0 Å². The smallest absolute Gasteiger partial charge is 0.252 e. The van der Waals surface area contributed by atoms with Crippen molar-refractivity contribution >= 4 is 23.1 Å². The molecule has 4 nitrogen and oxygen atoms in total. The van der Waals surface area contributed by atoms with E-state index in [4.69, 9.17) is 0 Å². The van der Waals surface area contributed by atoms with Gasteiger partial charge in [0.2, 0.25) is 6.41 Å². The molecule has 0 heterocycles. The van der Waals surface area contributed by atoms with Crippen LogP contribution in [-0.4, -0.2) is 12.3 Å². The number of benzene rings is 3. The molecule has 3 aromatic rings. The summed E-state index contributed by atoms with van der Waals surface area (Å²) < 4.78 is 0. The molecule has 25 heavy (non-hydrogen) atoms. The van der Waals surface area contributed by atoms with E-state index in [-0.39, 0.29) is 11.9 Å². The normalized spacial score (nSPS) is 11.7. The minimum absolute atomic E-state index is 0.134. The van der Waals surface area contributed by atoms with Crippen molar-refractivity contribution in [2.45, 2.75) is 19.5 Å². The molecule has 2 N–H and O–H groups in total. The Kier molecular flexibility index (Phi) is 5.09. The van der Waals surface area contributed by atoms with Crippen molar-refractivity contribution in [3.05, 3.63) is 83.4 Å². The zero-order valence-corrected chi connectivity index (χ0v) is 14.0. The minimum Gasteiger partial charge on any atom is -0.355 e. The molecule has 0 radical (unpaired) electrons. The maximum absolute atomic E-state index is 12.7. The van der Waals surface area contributed by atoms with Crippen molar-refractivity contribution in [3.63, 3.8) is 0 Å². The van der Waals surface area contributed by atoms with Gasteiger partial charge in [0.15, 0.2) is 0 Å². The summed E-state index contributed by atoms with van der Waals surface area (Å²) in [5.41, 5.74) is 2.44. The van der Waals surface area contributed by atoms with Crippen LogP contribution >= 0.6 is 0 Å². The first-order valence-corrected chi connectivity index (χ1v) is 8.24. The van der Waals surface area contributed by atoms with Gasteiger partial charge in [-0.2, -0.15) is 0 Å². The summed E-state index contributed by atoms with van der Waals surface area (Å²) in [6.45, 7) is 2.31. The van der Waals surface area contributed by atoms with Crippen LogP contribution in [0.2, 0.25) is 0 Å². The lowest BCUT2D eigenvalue weighted by Crippen LogP contribution is -2.28. The summed E-state index contributed by atoms with van der Waals surface area (Å²) >= 11 is 0. The van der Waals surface area contributed by atoms with E-state index in [9.17, 15) is 9.59 Å². The van der Waals surface area contributed by atoms with Crippen LogP contribution in [-0.2, 0) is 11.3 Å². The number of carbonyl (C=O) groups excluding carboxylic acids is 2. The van der Waals surface area contributed by atoms with Crippen LogP contribution in [0.25, 0.3) is 10.8 Å². The maximum Gasteiger partial charge on any atom is 0.252 e. The van der Waals surface area contributed by atoms with Crippen LogP contribution in [0.4, 0.5) is 0 Å². The second-order valence-corrected chi connectivity index (χ2v) is 5.92. The lowest BCUT2D eigenvalue weighted by Gasteiger charge is -2.18. The topological polar surface area (TPSA) is 58.2 Å². The first kappa shape index (κ1) is 16.7. The quantitative estimate of drug-likeness (QED) is 0.678. The molecule has 0 aromatic heterocycles. The van der Waals surface area contributed by atoms with Gasteiger partial charge in [-0.3, -0.25) is 9.59 Å². The van der Waals surface area contributed by atoms with Gasteiger partial charge in [0.05, 0.1) is 6.04 Å². The predicted molar refractivity (Wildman–Crippen MR) is 99.2 cm³/mol. The number of hydrogen-bond donors (Lipinski definition) is 2. The number of amides is 2. The van der Waals surface area contributed by atoms with E-state index in [1.54, 1.807) is 6.07 Å². The van der Waals surface area contributed by atoms with Gasteiger partial charge in [-0.1, -0.05) is 60.7 Å². The van der Waals surface area contributed by atoms with Gasteiger partial charge in [0.25, 0.3) is 5.91 Å². The van der Waals surface area contributed by atoms with Gasteiger partial charge in [-0.25, -0.2) is 0 Å². The lowest BCUT2D eigenvalue weighted by molar-refractivity contribution is -0.109. The van der Waals surface area contributed by atoms with Gasteiger partial charge in [-0.05, 0) is 34.9 Å². The first-order valence-electron chi connectivity index (χ1n) is 8.24. The van der Waals surface area contributed by atoms with Gasteiger partial charge >= 0.3 is 0 Å². The highest BCUT2D eigenvalue weighted by molar-refractivity contribution is 5.96. The Bertz CT molecular complexity index is 900. The Morgan fingerprint density at radius 3 is 2.56 bits per heavy atom. The molecule has 0 bridgehead atoms. The summed E-state index contributed by atoms with van der Waals surface area (Å²) in [6, 6.07) is 21.4. The second-order valence-electron chi connectivity index (χ2n) is 5.92. The maximum atomic E-state index is 12.7. The highest BCUT2D eigenvalue weighted by atomic mass is 16.1. The van der Waals surface area contributed by atoms with Crippen LogP contribution in [0, 0.1) is 0 Å². The number of carbonyl (C=O) groups is 2. The largest absolute Gasteiger partial charge is 0.355 e. The van der Waals surface area contributed by atoms with Crippen LogP contribution in [0.5, 0.6) is 0 Å². The van der Waals surface area contributed by atoms with Gasteiger partial charge in [0.1, 0.15) is 0 Å². The average Bonchev–Trinajstić information content (AvgIpc) is 2.66. The summed E-state index contributed by atoms with van der Waals surface area (Å²) in [5, 5.41) is 7.96. The van der Waals surface area contributed by atoms with Crippen LogP contribution in [0.3, 0.4) is 0 Å². The van der Waals surface area contributed by atoms with E-state index in [0.29, 0.717) is 18.5 Å². The molecule has 3 rings (SSSR count). The van der Waals surface area contributed by atoms with Crippen LogP contribution in [0.1, 0.15) is 34.5 Å². The van der Waals surface area contributed by atoms with Gasteiger partial charge < -0.3 is 10.6 Å². The van der Waals surface area contributed by atoms with E-state index in [0.717, 1.165) is 21.9 Å². The van der Waals surface area contributed by atoms with Crippen LogP contribution < -0.4 is 10.6 Å². The van der Waals surface area contributed by atoms with Crippen molar-refractivity contribution in [1.82, 2.24) is 10.6 Å². The molecular formula is C21H20N2O2. The Balaban J connectivity index is 1.84. The first-order chi connectivity index (χ1) is 12.2. The minimum atomic E-state index is -0.149.